The van der Waals surface area contributed by atoms with Crippen molar-refractivity contribution in [3.05, 3.63) is 37.9 Å². The first-order valence-electron chi connectivity index (χ1n) is 7.37. The van der Waals surface area contributed by atoms with E-state index in [-0.39, 0.29) is 6.03 Å². The normalized spacial score (nSPS) is 17.2. The molecule has 1 aliphatic heterocycles. The van der Waals surface area contributed by atoms with Crippen molar-refractivity contribution in [2.45, 2.75) is 26.3 Å². The molecular formula is C16H18Br2N2O4. The fraction of sp³-hybridized carbons (Fsp3) is 0.375. The summed E-state index contributed by atoms with van der Waals surface area (Å²) in [7, 11) is 1.56. The highest BCUT2D eigenvalue weighted by Gasteiger charge is 2.32. The van der Waals surface area contributed by atoms with Gasteiger partial charge in [0, 0.05) is 5.70 Å². The maximum atomic E-state index is 12.4. The number of ether oxygens (including phenoxy) is 2. The molecule has 8 heteroatoms. The zero-order valence-electron chi connectivity index (χ0n) is 13.5. The summed E-state index contributed by atoms with van der Waals surface area (Å²) in [6, 6.07) is 2.63. The Kier molecular flexibility index (Phi) is 6.28. The first-order chi connectivity index (χ1) is 11.4. The maximum absolute atomic E-state index is 12.4. The van der Waals surface area contributed by atoms with Crippen molar-refractivity contribution in [2.75, 3.05) is 13.7 Å². The third kappa shape index (κ3) is 3.92. The van der Waals surface area contributed by atoms with E-state index in [0.717, 1.165) is 12.0 Å². The molecule has 0 aliphatic carbocycles. The Morgan fingerprint density at radius 2 is 1.92 bits per heavy atom. The van der Waals surface area contributed by atoms with Crippen LogP contribution in [0.5, 0.6) is 5.75 Å². The molecule has 1 atom stereocenters. The van der Waals surface area contributed by atoms with Gasteiger partial charge in [0.1, 0.15) is 5.75 Å². The molecular weight excluding hydrogens is 444 g/mol. The number of benzene rings is 1. The molecule has 1 aromatic carbocycles. The van der Waals surface area contributed by atoms with E-state index in [2.05, 4.69) is 42.5 Å². The van der Waals surface area contributed by atoms with Gasteiger partial charge in [-0.15, -0.1) is 0 Å². The van der Waals surface area contributed by atoms with Crippen LogP contribution in [0.3, 0.4) is 0 Å². The van der Waals surface area contributed by atoms with Gasteiger partial charge >= 0.3 is 12.0 Å². The molecule has 0 fully saturated rings. The number of halogens is 2. The monoisotopic (exact) mass is 460 g/mol. The van der Waals surface area contributed by atoms with Crippen LogP contribution < -0.4 is 15.4 Å². The lowest BCUT2D eigenvalue weighted by Gasteiger charge is -2.28. The smallest absolute Gasteiger partial charge is 0.338 e. The number of carbonyl (C=O) groups is 2. The molecule has 0 bridgehead atoms. The third-order valence-corrected chi connectivity index (χ3v) is 4.66. The highest BCUT2D eigenvalue weighted by molar-refractivity contribution is 9.11. The first-order valence-corrected chi connectivity index (χ1v) is 8.96. The van der Waals surface area contributed by atoms with Crippen LogP contribution >= 0.6 is 31.9 Å². The van der Waals surface area contributed by atoms with Crippen LogP contribution in [0.2, 0.25) is 0 Å². The Morgan fingerprint density at radius 3 is 2.46 bits per heavy atom. The molecule has 1 aliphatic rings. The average Bonchev–Trinajstić information content (AvgIpc) is 2.51. The number of hydrogen-bond acceptors (Lipinski definition) is 4. The average molecular weight is 462 g/mol. The molecule has 24 heavy (non-hydrogen) atoms. The summed E-state index contributed by atoms with van der Waals surface area (Å²) in [5.41, 5.74) is 1.59. The summed E-state index contributed by atoms with van der Waals surface area (Å²) in [6.45, 7) is 3.93. The molecule has 0 saturated heterocycles. The molecule has 1 heterocycles. The summed E-state index contributed by atoms with van der Waals surface area (Å²) in [4.78, 5) is 24.3. The van der Waals surface area contributed by atoms with Crippen LogP contribution in [-0.4, -0.2) is 25.7 Å². The molecule has 1 aromatic rings. The lowest BCUT2D eigenvalue weighted by Crippen LogP contribution is -2.45. The molecule has 130 valence electrons. The highest BCUT2D eigenvalue weighted by Crippen LogP contribution is 2.38. The lowest BCUT2D eigenvalue weighted by atomic mass is 9.95. The number of urea groups is 1. The molecule has 1 unspecified atom stereocenters. The second kappa shape index (κ2) is 8.02. The van der Waals surface area contributed by atoms with Crippen molar-refractivity contribution < 1.29 is 19.1 Å². The Hall–Kier alpha value is -1.54. The van der Waals surface area contributed by atoms with E-state index in [1.807, 2.05) is 6.92 Å². The number of carbonyl (C=O) groups excluding carboxylic acids is 2. The molecule has 2 N–H and O–H groups in total. The van der Waals surface area contributed by atoms with Crippen LogP contribution in [0.4, 0.5) is 4.79 Å². The molecule has 2 amide bonds. The molecule has 2 rings (SSSR count). The molecule has 0 saturated carbocycles. The summed E-state index contributed by atoms with van der Waals surface area (Å²) >= 11 is 6.88. The van der Waals surface area contributed by atoms with Crippen LogP contribution in [0.1, 0.15) is 31.9 Å². The minimum atomic E-state index is -0.610. The number of amides is 2. The van der Waals surface area contributed by atoms with Gasteiger partial charge in [0.25, 0.3) is 0 Å². The van der Waals surface area contributed by atoms with Gasteiger partial charge in [0.2, 0.25) is 0 Å². The van der Waals surface area contributed by atoms with Crippen LogP contribution in [-0.2, 0) is 9.53 Å². The number of rotatable bonds is 5. The second-order valence-corrected chi connectivity index (χ2v) is 6.93. The lowest BCUT2D eigenvalue weighted by molar-refractivity contribution is -0.139. The van der Waals surface area contributed by atoms with Crippen molar-refractivity contribution in [3.63, 3.8) is 0 Å². The van der Waals surface area contributed by atoms with Crippen molar-refractivity contribution >= 4 is 43.9 Å². The summed E-state index contributed by atoms with van der Waals surface area (Å²) in [5.74, 6) is 0.185. The Bertz CT molecular complexity index is 680. The molecule has 0 aromatic heterocycles. The van der Waals surface area contributed by atoms with E-state index in [9.17, 15) is 9.59 Å². The quantitative estimate of drug-likeness (QED) is 0.654. The van der Waals surface area contributed by atoms with Gasteiger partial charge in [0.15, 0.2) is 0 Å². The van der Waals surface area contributed by atoms with Crippen molar-refractivity contribution in [3.8, 4) is 5.75 Å². The highest BCUT2D eigenvalue weighted by atomic mass is 79.9. The number of methoxy groups -OCH3 is 1. The SMILES string of the molecule is CCCOC(=O)C1=C(C)NC(=O)NC1c1cc(Br)c(OC)c(Br)c1. The first kappa shape index (κ1) is 18.8. The van der Waals surface area contributed by atoms with E-state index < -0.39 is 12.0 Å². The minimum Gasteiger partial charge on any atom is -0.494 e. The number of nitrogens with one attached hydrogen (secondary N) is 2. The van der Waals surface area contributed by atoms with E-state index in [0.29, 0.717) is 32.6 Å². The Balaban J connectivity index is 2.47. The summed E-state index contributed by atoms with van der Waals surface area (Å²) in [6.07, 6.45) is 0.724. The molecule has 0 spiro atoms. The van der Waals surface area contributed by atoms with E-state index >= 15 is 0 Å². The topological polar surface area (TPSA) is 76.7 Å². The Labute approximate surface area is 157 Å². The van der Waals surface area contributed by atoms with Gasteiger partial charge in [-0.1, -0.05) is 6.92 Å². The predicted molar refractivity (Wildman–Crippen MR) is 96.8 cm³/mol. The zero-order valence-corrected chi connectivity index (χ0v) is 16.7. The fourth-order valence-electron chi connectivity index (χ4n) is 2.43. The van der Waals surface area contributed by atoms with Crippen molar-refractivity contribution in [1.29, 1.82) is 0 Å². The van der Waals surface area contributed by atoms with Crippen molar-refractivity contribution in [1.82, 2.24) is 10.6 Å². The van der Waals surface area contributed by atoms with Gasteiger partial charge in [-0.05, 0) is 62.9 Å². The van der Waals surface area contributed by atoms with E-state index in [1.54, 1.807) is 26.2 Å². The Morgan fingerprint density at radius 1 is 1.29 bits per heavy atom. The zero-order chi connectivity index (χ0) is 17.9. The predicted octanol–water partition coefficient (Wildman–Crippen LogP) is 3.80. The van der Waals surface area contributed by atoms with Gasteiger partial charge in [0.05, 0.1) is 34.3 Å². The number of esters is 1. The molecule has 0 radical (unpaired) electrons. The van der Waals surface area contributed by atoms with Gasteiger partial charge < -0.3 is 20.1 Å². The van der Waals surface area contributed by atoms with Crippen LogP contribution in [0.25, 0.3) is 0 Å². The van der Waals surface area contributed by atoms with Gasteiger partial charge in [-0.2, -0.15) is 0 Å². The van der Waals surface area contributed by atoms with Crippen molar-refractivity contribution in [2.24, 2.45) is 0 Å². The van der Waals surface area contributed by atoms with E-state index in [1.165, 1.54) is 0 Å². The third-order valence-electron chi connectivity index (χ3n) is 3.48. The van der Waals surface area contributed by atoms with Crippen LogP contribution in [0, 0.1) is 0 Å². The number of hydrogen-bond donors (Lipinski definition) is 2. The minimum absolute atomic E-state index is 0.326. The molecule has 6 nitrogen and oxygen atoms in total. The largest absolute Gasteiger partial charge is 0.494 e. The van der Waals surface area contributed by atoms with E-state index in [4.69, 9.17) is 9.47 Å². The summed E-state index contributed by atoms with van der Waals surface area (Å²) in [5, 5.41) is 5.39. The fourth-order valence-corrected chi connectivity index (χ4v) is 3.97. The van der Waals surface area contributed by atoms with Gasteiger partial charge in [-0.3, -0.25) is 0 Å². The maximum Gasteiger partial charge on any atom is 0.338 e. The summed E-state index contributed by atoms with van der Waals surface area (Å²) < 4.78 is 12.0. The standard InChI is InChI=1S/C16H18Br2N2O4/c1-4-5-24-15(21)12-8(2)19-16(22)20-13(12)9-6-10(17)14(23-3)11(18)7-9/h6-7,13H,4-5H2,1-3H3,(H2,19,20,22). The second-order valence-electron chi connectivity index (χ2n) is 5.22. The number of allylic oxidation sites excluding steroid dienone is 1. The van der Waals surface area contributed by atoms with Crippen LogP contribution in [0.15, 0.2) is 32.3 Å². The van der Waals surface area contributed by atoms with Gasteiger partial charge in [-0.25, -0.2) is 9.59 Å².